The molecule has 10 heteroatoms. The number of carbonyl (C=O) groups excluding carboxylic acids is 1. The SMILES string of the molecule is CCOC(=O)N1CCC(Sc2cc(C(C)(C)C)c(O)c(C(C)(C)C)c2)(Sc2cc(C(C)(C)C)c(OCCCn3nc(CO)cc3C)c(C(C)(C)C)c2)CC1. The number of ether oxygens (including phenoxy) is 2. The zero-order chi connectivity index (χ0) is 40.4. The van der Waals surface area contributed by atoms with Gasteiger partial charge in [-0.2, -0.15) is 5.10 Å². The molecule has 0 aliphatic carbocycles. The molecule has 54 heavy (non-hydrogen) atoms. The minimum absolute atomic E-state index is 0.0626. The van der Waals surface area contributed by atoms with E-state index in [0.717, 1.165) is 46.7 Å². The predicted molar refractivity (Wildman–Crippen MR) is 225 cm³/mol. The summed E-state index contributed by atoms with van der Waals surface area (Å²) in [5, 5.41) is 25.6. The number of hydrogen-bond donors (Lipinski definition) is 2. The lowest BCUT2D eigenvalue weighted by atomic mass is 9.79. The van der Waals surface area contributed by atoms with Crippen molar-refractivity contribution in [2.45, 2.75) is 165 Å². The summed E-state index contributed by atoms with van der Waals surface area (Å²) < 4.78 is 13.8. The molecule has 0 spiro atoms. The number of thioether (sulfide) groups is 2. The van der Waals surface area contributed by atoms with E-state index in [9.17, 15) is 15.0 Å². The van der Waals surface area contributed by atoms with Crippen LogP contribution in [0.5, 0.6) is 11.5 Å². The van der Waals surface area contributed by atoms with E-state index >= 15 is 0 Å². The zero-order valence-corrected chi connectivity index (χ0v) is 37.2. The van der Waals surface area contributed by atoms with Gasteiger partial charge in [-0.1, -0.05) is 83.1 Å². The number of aryl methyl sites for hydroxylation is 2. The molecule has 300 valence electrons. The van der Waals surface area contributed by atoms with Gasteiger partial charge in [0.2, 0.25) is 0 Å². The Bertz CT molecular complexity index is 1690. The highest BCUT2D eigenvalue weighted by atomic mass is 32.2. The summed E-state index contributed by atoms with van der Waals surface area (Å²) in [5.41, 5.74) is 5.10. The number of hydrogen-bond acceptors (Lipinski definition) is 8. The lowest BCUT2D eigenvalue weighted by Crippen LogP contribution is -2.44. The molecular weight excluding hydrogens is 715 g/mol. The van der Waals surface area contributed by atoms with E-state index in [0.29, 0.717) is 44.3 Å². The Balaban J connectivity index is 1.77. The van der Waals surface area contributed by atoms with Crippen molar-refractivity contribution in [3.8, 4) is 11.5 Å². The summed E-state index contributed by atoms with van der Waals surface area (Å²) in [6, 6.07) is 11.0. The third-order valence-electron chi connectivity index (χ3n) is 9.99. The largest absolute Gasteiger partial charge is 0.507 e. The summed E-state index contributed by atoms with van der Waals surface area (Å²) in [6.45, 7) is 33.1. The van der Waals surface area contributed by atoms with Crippen LogP contribution >= 0.6 is 23.5 Å². The fourth-order valence-corrected chi connectivity index (χ4v) is 9.99. The van der Waals surface area contributed by atoms with Gasteiger partial charge in [0.05, 0.1) is 29.6 Å². The fourth-order valence-electron chi connectivity index (χ4n) is 6.91. The molecule has 1 aliphatic heterocycles. The average Bonchev–Trinajstić information content (AvgIpc) is 3.41. The number of piperidine rings is 1. The summed E-state index contributed by atoms with van der Waals surface area (Å²) in [4.78, 5) is 17.0. The maximum Gasteiger partial charge on any atom is 0.409 e. The van der Waals surface area contributed by atoms with Crippen LogP contribution in [-0.4, -0.2) is 61.4 Å². The highest BCUT2D eigenvalue weighted by Crippen LogP contribution is 2.55. The molecule has 8 nitrogen and oxygen atoms in total. The van der Waals surface area contributed by atoms with Crippen LogP contribution in [0.3, 0.4) is 0 Å². The van der Waals surface area contributed by atoms with Crippen molar-refractivity contribution >= 4 is 29.6 Å². The van der Waals surface area contributed by atoms with E-state index in [-0.39, 0.29) is 38.4 Å². The van der Waals surface area contributed by atoms with E-state index in [1.807, 2.05) is 53.0 Å². The molecule has 3 aromatic rings. The molecule has 1 saturated heterocycles. The van der Waals surface area contributed by atoms with Crippen LogP contribution in [-0.2, 0) is 39.5 Å². The average molecular weight is 782 g/mol. The summed E-state index contributed by atoms with van der Waals surface area (Å²) in [6.07, 6.45) is 2.08. The van der Waals surface area contributed by atoms with Gasteiger partial charge in [0, 0.05) is 63.8 Å². The lowest BCUT2D eigenvalue weighted by Gasteiger charge is -2.41. The quantitative estimate of drug-likeness (QED) is 0.147. The van der Waals surface area contributed by atoms with Gasteiger partial charge in [-0.3, -0.25) is 4.68 Å². The first-order valence-corrected chi connectivity index (χ1v) is 21.2. The second kappa shape index (κ2) is 16.7. The zero-order valence-electron chi connectivity index (χ0n) is 35.5. The Kier molecular flexibility index (Phi) is 13.6. The van der Waals surface area contributed by atoms with Gasteiger partial charge in [-0.15, -0.1) is 23.5 Å². The predicted octanol–water partition coefficient (Wildman–Crippen LogP) is 10.9. The van der Waals surface area contributed by atoms with Gasteiger partial charge in [0.25, 0.3) is 0 Å². The van der Waals surface area contributed by atoms with E-state index < -0.39 is 0 Å². The van der Waals surface area contributed by atoms with Gasteiger partial charge < -0.3 is 24.6 Å². The number of benzene rings is 2. The van der Waals surface area contributed by atoms with Gasteiger partial charge in [-0.25, -0.2) is 4.79 Å². The molecular formula is C44H67N3O5S2. The molecule has 1 amide bonds. The minimum atomic E-state index is -0.286. The number of aromatic nitrogens is 2. The standard InChI is InChI=1S/C44H67N3O5S2/c1-15-51-39(50)46-20-17-44(18-21-46,53-31-24-33(40(3,4)5)37(49)34(25-31)41(6,7)8)54-32-26-35(42(9,10)11)38(36(27-32)43(12,13)14)52-22-16-19-47-29(2)23-30(28-48)45-47/h23-27,48-49H,15-22,28H2,1-14H3. The summed E-state index contributed by atoms with van der Waals surface area (Å²) >= 11 is 3.77. The summed E-state index contributed by atoms with van der Waals surface area (Å²) in [5.74, 6) is 1.34. The number of nitrogens with zero attached hydrogens (tertiary/aromatic N) is 3. The van der Waals surface area contributed by atoms with Crippen molar-refractivity contribution in [2.24, 2.45) is 0 Å². The Labute approximate surface area is 334 Å². The number of phenols is 1. The van der Waals surface area contributed by atoms with Crippen molar-refractivity contribution in [3.63, 3.8) is 0 Å². The highest BCUT2D eigenvalue weighted by Gasteiger charge is 2.40. The monoisotopic (exact) mass is 781 g/mol. The van der Waals surface area contributed by atoms with Crippen molar-refractivity contribution in [2.75, 3.05) is 26.3 Å². The smallest absolute Gasteiger partial charge is 0.409 e. The minimum Gasteiger partial charge on any atom is -0.507 e. The molecule has 1 aliphatic rings. The fraction of sp³-hybridized carbons (Fsp3) is 0.636. The number of phenolic OH excluding ortho intramolecular Hbond substituents is 1. The van der Waals surface area contributed by atoms with Gasteiger partial charge in [0.15, 0.2) is 0 Å². The van der Waals surface area contributed by atoms with Crippen LogP contribution in [0.15, 0.2) is 40.1 Å². The number of aliphatic hydroxyl groups excluding tert-OH is 1. The van der Waals surface area contributed by atoms with E-state index in [1.165, 1.54) is 16.0 Å². The molecule has 1 fully saturated rings. The van der Waals surface area contributed by atoms with Crippen LogP contribution < -0.4 is 4.74 Å². The number of carbonyl (C=O) groups is 1. The Morgan fingerprint density at radius 3 is 1.67 bits per heavy atom. The van der Waals surface area contributed by atoms with Crippen LogP contribution in [0.1, 0.15) is 143 Å². The number of likely N-dealkylation sites (tertiary alicyclic amines) is 1. The third kappa shape index (κ3) is 10.7. The van der Waals surface area contributed by atoms with Gasteiger partial charge in [0.1, 0.15) is 11.5 Å². The molecule has 0 radical (unpaired) electrons. The number of amides is 1. The lowest BCUT2D eigenvalue weighted by molar-refractivity contribution is 0.0993. The summed E-state index contributed by atoms with van der Waals surface area (Å²) in [7, 11) is 0. The molecule has 2 N–H and O–H groups in total. The van der Waals surface area contributed by atoms with Crippen LogP contribution in [0.25, 0.3) is 0 Å². The number of aromatic hydroxyl groups is 1. The first-order chi connectivity index (χ1) is 24.9. The molecule has 0 saturated carbocycles. The van der Waals surface area contributed by atoms with Crippen molar-refractivity contribution in [1.82, 2.24) is 14.7 Å². The van der Waals surface area contributed by atoms with Crippen LogP contribution in [0, 0.1) is 6.92 Å². The number of aliphatic hydroxyl groups is 1. The van der Waals surface area contributed by atoms with E-state index in [1.54, 1.807) is 0 Å². The van der Waals surface area contributed by atoms with Crippen molar-refractivity contribution in [3.05, 3.63) is 64.0 Å². The maximum atomic E-state index is 12.9. The molecule has 1 aromatic heterocycles. The van der Waals surface area contributed by atoms with Gasteiger partial charge >= 0.3 is 6.09 Å². The molecule has 0 bridgehead atoms. The van der Waals surface area contributed by atoms with Crippen LogP contribution in [0.4, 0.5) is 4.79 Å². The van der Waals surface area contributed by atoms with E-state index in [4.69, 9.17) is 9.47 Å². The first-order valence-electron chi connectivity index (χ1n) is 19.5. The normalized spacial score (nSPS) is 15.4. The topological polar surface area (TPSA) is 97.0 Å². The third-order valence-corrected chi connectivity index (χ3v) is 13.0. The van der Waals surface area contributed by atoms with Gasteiger partial charge in [-0.05, 0) is 78.7 Å². The highest BCUT2D eigenvalue weighted by molar-refractivity contribution is 8.18. The molecule has 0 unspecified atom stereocenters. The van der Waals surface area contributed by atoms with Crippen LogP contribution in [0.2, 0.25) is 0 Å². The molecule has 2 heterocycles. The Morgan fingerprint density at radius 2 is 1.26 bits per heavy atom. The van der Waals surface area contributed by atoms with E-state index in [2.05, 4.69) is 112 Å². The molecule has 0 atom stereocenters. The Morgan fingerprint density at radius 1 is 0.796 bits per heavy atom. The number of rotatable bonds is 11. The molecule has 4 rings (SSSR count). The Hall–Kier alpha value is -2.82. The van der Waals surface area contributed by atoms with Crippen molar-refractivity contribution < 1.29 is 24.5 Å². The first kappa shape index (κ1) is 43.9. The molecule has 2 aromatic carbocycles. The van der Waals surface area contributed by atoms with Crippen molar-refractivity contribution in [1.29, 1.82) is 0 Å². The maximum absolute atomic E-state index is 12.9. The second-order valence-corrected chi connectivity index (χ2v) is 22.0. The second-order valence-electron chi connectivity index (χ2n) is 18.9.